The lowest BCUT2D eigenvalue weighted by Crippen LogP contribution is -2.28. The van der Waals surface area contributed by atoms with Crippen molar-refractivity contribution in [3.8, 4) is 11.4 Å². The summed E-state index contributed by atoms with van der Waals surface area (Å²) in [6.45, 7) is 2.60. The molecule has 4 rings (SSSR count). The lowest BCUT2D eigenvalue weighted by molar-refractivity contribution is 0.648. The van der Waals surface area contributed by atoms with Gasteiger partial charge in [0.1, 0.15) is 5.52 Å². The lowest BCUT2D eigenvalue weighted by Gasteiger charge is -2.09. The molecule has 4 aromatic rings. The van der Waals surface area contributed by atoms with E-state index in [9.17, 15) is 4.79 Å². The summed E-state index contributed by atoms with van der Waals surface area (Å²) in [4.78, 5) is 17.4. The Hall–Kier alpha value is -3.16. The van der Waals surface area contributed by atoms with Crippen LogP contribution in [-0.2, 0) is 13.6 Å². The van der Waals surface area contributed by atoms with Crippen LogP contribution in [0, 0.1) is 0 Å². The van der Waals surface area contributed by atoms with Crippen molar-refractivity contribution in [1.29, 1.82) is 0 Å². The van der Waals surface area contributed by atoms with Gasteiger partial charge in [0.05, 0.1) is 6.33 Å². The molecule has 2 N–H and O–H groups in total. The van der Waals surface area contributed by atoms with Gasteiger partial charge in [-0.15, -0.1) is 10.2 Å². The molecule has 0 unspecified atom stereocenters. The average Bonchev–Trinajstić information content (AvgIpc) is 3.16. The highest BCUT2D eigenvalue weighted by atomic mass is 16.1. The molecule has 8 nitrogen and oxygen atoms in total. The van der Waals surface area contributed by atoms with Gasteiger partial charge in [0.25, 0.3) is 0 Å². The monoisotopic (exact) mass is 323 g/mol. The minimum Gasteiger partial charge on any atom is -0.398 e. The molecule has 3 aromatic heterocycles. The normalized spacial score (nSPS) is 11.6. The molecule has 0 radical (unpaired) electrons. The van der Waals surface area contributed by atoms with E-state index in [2.05, 4.69) is 15.2 Å². The van der Waals surface area contributed by atoms with Crippen LogP contribution >= 0.6 is 0 Å². The molecule has 1 aromatic carbocycles. The molecule has 0 saturated carbocycles. The summed E-state index contributed by atoms with van der Waals surface area (Å²) < 4.78 is 5.03. The van der Waals surface area contributed by atoms with E-state index in [-0.39, 0.29) is 5.69 Å². The number of hydrogen-bond donors (Lipinski definition) is 1. The number of benzene rings is 1. The van der Waals surface area contributed by atoms with Gasteiger partial charge in [-0.1, -0.05) is 19.1 Å². The van der Waals surface area contributed by atoms with Gasteiger partial charge < -0.3 is 10.3 Å². The van der Waals surface area contributed by atoms with E-state index in [1.165, 1.54) is 4.40 Å². The number of aromatic nitrogens is 6. The standard InChI is InChI=1S/C16H17N7O/c1-3-8-22-14-12(21(2)9-18-14)15-20-19-13(23(15)16(22)24)10-6-4-5-7-11(10)17/h4-7,9H,3,8,17H2,1-2H3. The summed E-state index contributed by atoms with van der Waals surface area (Å²) in [5.74, 6) is 0.445. The first-order chi connectivity index (χ1) is 11.6. The Labute approximate surface area is 137 Å². The Morgan fingerprint density at radius 1 is 1.17 bits per heavy atom. The molecular weight excluding hydrogens is 306 g/mol. The van der Waals surface area contributed by atoms with Crippen LogP contribution in [0.15, 0.2) is 35.4 Å². The number of aryl methyl sites for hydroxylation is 2. The van der Waals surface area contributed by atoms with Crippen molar-refractivity contribution >= 4 is 22.5 Å². The number of fused-ring (bicyclic) bond motifs is 3. The van der Waals surface area contributed by atoms with Crippen LogP contribution in [0.1, 0.15) is 13.3 Å². The van der Waals surface area contributed by atoms with Gasteiger partial charge in [0.15, 0.2) is 17.1 Å². The molecule has 0 bridgehead atoms. The fourth-order valence-electron chi connectivity index (χ4n) is 3.00. The minimum atomic E-state index is -0.207. The van der Waals surface area contributed by atoms with Crippen LogP contribution in [0.25, 0.3) is 28.2 Å². The third-order valence-electron chi connectivity index (χ3n) is 4.12. The molecule has 0 aliphatic heterocycles. The maximum atomic E-state index is 13.1. The van der Waals surface area contributed by atoms with E-state index in [0.29, 0.717) is 34.9 Å². The number of imidazole rings is 1. The van der Waals surface area contributed by atoms with Crippen LogP contribution < -0.4 is 11.4 Å². The highest BCUT2D eigenvalue weighted by Gasteiger charge is 2.20. The number of nitrogen functional groups attached to an aromatic ring is 1. The lowest BCUT2D eigenvalue weighted by atomic mass is 10.2. The first-order valence-corrected chi connectivity index (χ1v) is 7.77. The second-order valence-electron chi connectivity index (χ2n) is 5.73. The summed E-state index contributed by atoms with van der Waals surface area (Å²) in [7, 11) is 1.88. The summed E-state index contributed by atoms with van der Waals surface area (Å²) >= 11 is 0. The van der Waals surface area contributed by atoms with Gasteiger partial charge in [0.2, 0.25) is 0 Å². The van der Waals surface area contributed by atoms with Crippen molar-refractivity contribution in [3.63, 3.8) is 0 Å². The van der Waals surface area contributed by atoms with Crippen LogP contribution in [0.2, 0.25) is 0 Å². The van der Waals surface area contributed by atoms with Gasteiger partial charge in [-0.05, 0) is 18.6 Å². The second-order valence-corrected chi connectivity index (χ2v) is 5.73. The zero-order valence-corrected chi connectivity index (χ0v) is 13.5. The Morgan fingerprint density at radius 2 is 1.96 bits per heavy atom. The smallest absolute Gasteiger partial charge is 0.337 e. The minimum absolute atomic E-state index is 0.207. The van der Waals surface area contributed by atoms with Crippen LogP contribution in [0.3, 0.4) is 0 Å². The van der Waals surface area contributed by atoms with Gasteiger partial charge in [-0.3, -0.25) is 4.57 Å². The molecule has 0 saturated heterocycles. The molecule has 8 heteroatoms. The van der Waals surface area contributed by atoms with Crippen LogP contribution in [0.5, 0.6) is 0 Å². The van der Waals surface area contributed by atoms with E-state index in [0.717, 1.165) is 11.9 Å². The highest BCUT2D eigenvalue weighted by Crippen LogP contribution is 2.25. The fourth-order valence-corrected chi connectivity index (χ4v) is 3.00. The quantitative estimate of drug-likeness (QED) is 0.575. The maximum Gasteiger partial charge on any atom is 0.337 e. The average molecular weight is 323 g/mol. The Bertz CT molecular complexity index is 1120. The molecule has 3 heterocycles. The predicted octanol–water partition coefficient (Wildman–Crippen LogP) is 1.44. The summed E-state index contributed by atoms with van der Waals surface area (Å²) in [5, 5.41) is 8.48. The molecule has 122 valence electrons. The molecule has 0 aliphatic rings. The number of anilines is 1. The van der Waals surface area contributed by atoms with Crippen molar-refractivity contribution in [2.24, 2.45) is 7.05 Å². The zero-order valence-electron chi connectivity index (χ0n) is 13.5. The number of nitrogens with zero attached hydrogens (tertiary/aromatic N) is 6. The van der Waals surface area contributed by atoms with E-state index in [1.54, 1.807) is 17.0 Å². The first-order valence-electron chi connectivity index (χ1n) is 7.77. The molecule has 0 spiro atoms. The van der Waals surface area contributed by atoms with Crippen molar-refractivity contribution in [2.45, 2.75) is 19.9 Å². The molecule has 24 heavy (non-hydrogen) atoms. The maximum absolute atomic E-state index is 13.1. The van der Waals surface area contributed by atoms with Crippen molar-refractivity contribution in [1.82, 2.24) is 28.7 Å². The summed E-state index contributed by atoms with van der Waals surface area (Å²) in [6.07, 6.45) is 2.50. The van der Waals surface area contributed by atoms with Gasteiger partial charge in [0, 0.05) is 24.8 Å². The molecule has 0 aliphatic carbocycles. The molecule has 0 amide bonds. The van der Waals surface area contributed by atoms with E-state index in [4.69, 9.17) is 5.73 Å². The number of para-hydroxylation sites is 1. The number of hydrogen-bond acceptors (Lipinski definition) is 5. The number of rotatable bonds is 3. The van der Waals surface area contributed by atoms with Gasteiger partial charge >= 0.3 is 5.69 Å². The first kappa shape index (κ1) is 14.4. The third-order valence-corrected chi connectivity index (χ3v) is 4.12. The molecule has 0 atom stereocenters. The fraction of sp³-hybridized carbons (Fsp3) is 0.250. The van der Waals surface area contributed by atoms with Crippen molar-refractivity contribution in [3.05, 3.63) is 41.1 Å². The van der Waals surface area contributed by atoms with Gasteiger partial charge in [-0.2, -0.15) is 0 Å². The Kier molecular flexibility index (Phi) is 3.12. The van der Waals surface area contributed by atoms with Gasteiger partial charge in [-0.25, -0.2) is 14.2 Å². The van der Waals surface area contributed by atoms with Crippen LogP contribution in [0.4, 0.5) is 5.69 Å². The van der Waals surface area contributed by atoms with Crippen LogP contribution in [-0.4, -0.2) is 28.7 Å². The third kappa shape index (κ3) is 1.86. The van der Waals surface area contributed by atoms with Crippen molar-refractivity contribution in [2.75, 3.05) is 5.73 Å². The SMILES string of the molecule is CCCn1c(=O)n2c(-c3ccccc3N)nnc2c2c1ncn2C. The molecular formula is C16H17N7O. The Balaban J connectivity index is 2.18. The zero-order chi connectivity index (χ0) is 16.8. The van der Waals surface area contributed by atoms with E-state index >= 15 is 0 Å². The summed E-state index contributed by atoms with van der Waals surface area (Å²) in [6, 6.07) is 7.32. The van der Waals surface area contributed by atoms with E-state index < -0.39 is 0 Å². The predicted molar refractivity (Wildman–Crippen MR) is 91.7 cm³/mol. The largest absolute Gasteiger partial charge is 0.398 e. The van der Waals surface area contributed by atoms with E-state index in [1.807, 2.05) is 36.7 Å². The Morgan fingerprint density at radius 3 is 2.71 bits per heavy atom. The second kappa shape index (κ2) is 5.19. The number of nitrogens with two attached hydrogens (primary N) is 1. The topological polar surface area (TPSA) is 96.0 Å². The molecule has 0 fully saturated rings. The van der Waals surface area contributed by atoms with Crippen molar-refractivity contribution < 1.29 is 0 Å². The summed E-state index contributed by atoms with van der Waals surface area (Å²) in [5.41, 5.74) is 8.98. The highest BCUT2D eigenvalue weighted by molar-refractivity contribution is 5.87.